The van der Waals surface area contributed by atoms with Crippen LogP contribution in [0, 0.1) is 28.1 Å². The quantitative estimate of drug-likeness (QED) is 0.712. The Kier molecular flexibility index (Phi) is 4.69. The highest BCUT2D eigenvalue weighted by molar-refractivity contribution is 5.83. The van der Waals surface area contributed by atoms with E-state index in [1.54, 1.807) is 4.90 Å². The van der Waals surface area contributed by atoms with Crippen LogP contribution in [0.25, 0.3) is 0 Å². The van der Waals surface area contributed by atoms with E-state index in [1.807, 2.05) is 20.8 Å². The molecule has 1 atom stereocenters. The van der Waals surface area contributed by atoms with Crippen LogP contribution in [0.2, 0.25) is 0 Å². The first-order chi connectivity index (χ1) is 8.99. The molecule has 0 saturated heterocycles. The zero-order valence-corrected chi connectivity index (χ0v) is 14.0. The minimum Gasteiger partial charge on any atom is -0.302 e. The molecule has 3 nitrogen and oxygen atoms in total. The van der Waals surface area contributed by atoms with Crippen LogP contribution in [0.1, 0.15) is 61.3 Å². The van der Waals surface area contributed by atoms with Gasteiger partial charge in [-0.25, -0.2) is 0 Å². The van der Waals surface area contributed by atoms with Gasteiger partial charge in [0.15, 0.2) is 0 Å². The van der Waals surface area contributed by atoms with Gasteiger partial charge in [-0.2, -0.15) is 5.26 Å². The van der Waals surface area contributed by atoms with Gasteiger partial charge in [0.1, 0.15) is 6.54 Å². The first kappa shape index (κ1) is 16.8. The predicted molar refractivity (Wildman–Crippen MR) is 81.7 cm³/mol. The molecule has 0 aromatic rings. The maximum absolute atomic E-state index is 12.7. The molecule has 0 saturated carbocycles. The summed E-state index contributed by atoms with van der Waals surface area (Å²) < 4.78 is 0. The van der Waals surface area contributed by atoms with E-state index in [2.05, 4.69) is 33.8 Å². The van der Waals surface area contributed by atoms with E-state index in [1.165, 1.54) is 5.57 Å². The predicted octanol–water partition coefficient (Wildman–Crippen LogP) is 4.11. The Balaban J connectivity index is 3.24. The molecular weight excluding hydrogens is 248 g/mol. The molecule has 0 N–H and O–H groups in total. The Labute approximate surface area is 123 Å². The highest BCUT2D eigenvalue weighted by Gasteiger charge is 2.36. The van der Waals surface area contributed by atoms with Gasteiger partial charge >= 0.3 is 0 Å². The summed E-state index contributed by atoms with van der Waals surface area (Å²) in [5, 5.41) is 9.10. The molecule has 3 heteroatoms. The fourth-order valence-electron chi connectivity index (χ4n) is 3.00. The summed E-state index contributed by atoms with van der Waals surface area (Å²) in [5.74, 6) is 0.501. The van der Waals surface area contributed by atoms with Crippen LogP contribution in [0.3, 0.4) is 0 Å². The number of amides is 1. The number of rotatable bonds is 2. The van der Waals surface area contributed by atoms with E-state index < -0.39 is 5.41 Å². The SMILES string of the molecule is CC1=C(N(CC#N)C(=O)C(C)(C)C)CC(C)(C)CC1C. The number of allylic oxidation sites excluding steroid dienone is 2. The number of carbonyl (C=O) groups excluding carboxylic acids is 1. The second-order valence-corrected chi connectivity index (χ2v) is 7.88. The summed E-state index contributed by atoms with van der Waals surface area (Å²) in [5.41, 5.74) is 2.04. The molecule has 1 amide bonds. The first-order valence-corrected chi connectivity index (χ1v) is 7.38. The van der Waals surface area contributed by atoms with Crippen LogP contribution in [0.15, 0.2) is 11.3 Å². The second kappa shape index (κ2) is 5.60. The van der Waals surface area contributed by atoms with Crippen LogP contribution < -0.4 is 0 Å². The Morgan fingerprint density at radius 2 is 2.00 bits per heavy atom. The first-order valence-electron chi connectivity index (χ1n) is 7.38. The maximum atomic E-state index is 12.7. The Hall–Kier alpha value is -1.30. The Morgan fingerprint density at radius 3 is 2.45 bits per heavy atom. The van der Waals surface area contributed by atoms with Gasteiger partial charge in [-0.3, -0.25) is 4.79 Å². The summed E-state index contributed by atoms with van der Waals surface area (Å²) in [6.45, 7) is 14.7. The molecule has 0 bridgehead atoms. The molecular formula is C17H28N2O. The van der Waals surface area contributed by atoms with Gasteiger partial charge in [-0.1, -0.05) is 47.1 Å². The summed E-state index contributed by atoms with van der Waals surface area (Å²) in [4.78, 5) is 14.4. The highest BCUT2D eigenvalue weighted by atomic mass is 16.2. The van der Waals surface area contributed by atoms with Gasteiger partial charge < -0.3 is 4.90 Å². The van der Waals surface area contributed by atoms with Gasteiger partial charge in [-0.05, 0) is 31.1 Å². The topological polar surface area (TPSA) is 44.1 Å². The van der Waals surface area contributed by atoms with E-state index in [4.69, 9.17) is 5.26 Å². The zero-order valence-electron chi connectivity index (χ0n) is 14.0. The molecule has 1 unspecified atom stereocenters. The molecule has 20 heavy (non-hydrogen) atoms. The van der Waals surface area contributed by atoms with E-state index in [9.17, 15) is 4.79 Å². The molecule has 1 aliphatic rings. The van der Waals surface area contributed by atoms with E-state index in [0.29, 0.717) is 5.92 Å². The molecule has 0 aliphatic heterocycles. The Morgan fingerprint density at radius 1 is 1.45 bits per heavy atom. The average Bonchev–Trinajstić information content (AvgIpc) is 2.28. The largest absolute Gasteiger partial charge is 0.302 e. The summed E-state index contributed by atoms with van der Waals surface area (Å²) in [6.07, 6.45) is 2.00. The number of carbonyl (C=O) groups is 1. The van der Waals surface area contributed by atoms with Crippen molar-refractivity contribution in [3.63, 3.8) is 0 Å². The van der Waals surface area contributed by atoms with Crippen LogP contribution in [-0.4, -0.2) is 17.4 Å². The van der Waals surface area contributed by atoms with Gasteiger partial charge in [0.05, 0.1) is 6.07 Å². The number of nitrogens with zero attached hydrogens (tertiary/aromatic N) is 2. The molecule has 0 aromatic carbocycles. The molecule has 0 radical (unpaired) electrons. The van der Waals surface area contributed by atoms with Gasteiger partial charge in [0.2, 0.25) is 5.91 Å². The van der Waals surface area contributed by atoms with Gasteiger partial charge in [0, 0.05) is 11.1 Å². The minimum absolute atomic E-state index is 0.0401. The van der Waals surface area contributed by atoms with Crippen molar-refractivity contribution in [1.29, 1.82) is 5.26 Å². The van der Waals surface area contributed by atoms with E-state index in [-0.39, 0.29) is 17.9 Å². The molecule has 0 fully saturated rings. The van der Waals surface area contributed by atoms with Crippen molar-refractivity contribution in [3.05, 3.63) is 11.3 Å². The number of nitriles is 1. The fraction of sp³-hybridized carbons (Fsp3) is 0.765. The third-order valence-electron chi connectivity index (χ3n) is 4.14. The van der Waals surface area contributed by atoms with Crippen LogP contribution in [-0.2, 0) is 4.79 Å². The van der Waals surface area contributed by atoms with Crippen LogP contribution >= 0.6 is 0 Å². The standard InChI is InChI=1S/C17H28N2O/c1-12-10-17(6,7)11-14(13(12)2)19(9-8-18)15(20)16(3,4)5/h12H,9-11H2,1-7H3. The highest BCUT2D eigenvalue weighted by Crippen LogP contribution is 2.43. The molecule has 0 spiro atoms. The fourth-order valence-corrected chi connectivity index (χ4v) is 3.00. The molecule has 1 rings (SSSR count). The van der Waals surface area contributed by atoms with Crippen molar-refractivity contribution in [2.45, 2.75) is 61.3 Å². The van der Waals surface area contributed by atoms with E-state index >= 15 is 0 Å². The van der Waals surface area contributed by atoms with Crippen molar-refractivity contribution in [1.82, 2.24) is 4.90 Å². The number of hydrogen-bond donors (Lipinski definition) is 0. The van der Waals surface area contributed by atoms with Crippen molar-refractivity contribution >= 4 is 5.91 Å². The Bertz CT molecular complexity index is 460. The third-order valence-corrected chi connectivity index (χ3v) is 4.14. The average molecular weight is 276 g/mol. The van der Waals surface area contributed by atoms with Crippen molar-refractivity contribution in [2.24, 2.45) is 16.7 Å². The van der Waals surface area contributed by atoms with Gasteiger partial charge in [0.25, 0.3) is 0 Å². The second-order valence-electron chi connectivity index (χ2n) is 7.88. The molecule has 0 heterocycles. The summed E-state index contributed by atoms with van der Waals surface area (Å²) in [7, 11) is 0. The lowest BCUT2D eigenvalue weighted by atomic mass is 9.71. The zero-order chi connectivity index (χ0) is 15.7. The summed E-state index contributed by atoms with van der Waals surface area (Å²) in [6, 6.07) is 2.15. The molecule has 112 valence electrons. The molecule has 1 aliphatic carbocycles. The number of hydrogen-bond acceptors (Lipinski definition) is 2. The van der Waals surface area contributed by atoms with E-state index in [0.717, 1.165) is 18.5 Å². The van der Waals surface area contributed by atoms with Gasteiger partial charge in [-0.15, -0.1) is 0 Å². The van der Waals surface area contributed by atoms with Crippen LogP contribution in [0.4, 0.5) is 0 Å². The van der Waals surface area contributed by atoms with Crippen molar-refractivity contribution in [2.75, 3.05) is 6.54 Å². The lowest BCUT2D eigenvalue weighted by Crippen LogP contribution is -2.42. The van der Waals surface area contributed by atoms with Crippen molar-refractivity contribution in [3.8, 4) is 6.07 Å². The third kappa shape index (κ3) is 3.62. The van der Waals surface area contributed by atoms with Crippen LogP contribution in [0.5, 0.6) is 0 Å². The summed E-state index contributed by atoms with van der Waals surface area (Å²) >= 11 is 0. The monoisotopic (exact) mass is 276 g/mol. The molecule has 0 aromatic heterocycles. The lowest BCUT2D eigenvalue weighted by molar-refractivity contribution is -0.137. The normalized spacial score (nSPS) is 22.4. The maximum Gasteiger partial charge on any atom is 0.233 e. The smallest absolute Gasteiger partial charge is 0.233 e. The lowest BCUT2D eigenvalue weighted by Gasteiger charge is -2.41. The van der Waals surface area contributed by atoms with Crippen molar-refractivity contribution < 1.29 is 4.79 Å². The minimum atomic E-state index is -0.463.